The van der Waals surface area contributed by atoms with E-state index in [2.05, 4.69) is 264 Å². The number of rotatable bonds is 41. The van der Waals surface area contributed by atoms with Crippen molar-refractivity contribution < 1.29 is 49.4 Å². The Morgan fingerprint density at radius 1 is 0.420 bits per heavy atom. The molecule has 9 N–H and O–H groups in total. The molecule has 5 aliphatic heterocycles. The number of aliphatic carboxylic acids is 1. The van der Waals surface area contributed by atoms with Crippen LogP contribution in [0.2, 0.25) is 0 Å². The first-order chi connectivity index (χ1) is 56.4. The van der Waals surface area contributed by atoms with Crippen molar-refractivity contribution in [2.75, 3.05) is 55.0 Å². The first kappa shape index (κ1) is 102. The number of hydrazone groups is 5. The molecule has 11 atom stereocenters. The second-order valence-electron chi connectivity index (χ2n) is 36.9. The number of carboxylic acid groups (broad SMARTS) is 1. The summed E-state index contributed by atoms with van der Waals surface area (Å²) in [5, 5.41) is 69.7. The third-order valence-electron chi connectivity index (χ3n) is 22.8. The smallest absolute Gasteiger partial charge is 0.320 e. The Morgan fingerprint density at radius 3 is 1.02 bits per heavy atom. The maximum Gasteiger partial charge on any atom is 0.320 e. The van der Waals surface area contributed by atoms with Crippen LogP contribution in [0.25, 0.3) is 0 Å². The van der Waals surface area contributed by atoms with Gasteiger partial charge in [-0.15, -0.1) is 6.58 Å². The minimum Gasteiger partial charge on any atom is -0.480 e. The maximum absolute atomic E-state index is 11.2. The number of hydrogen-bond acceptors (Lipinski definition) is 24. The minimum atomic E-state index is -0.867. The van der Waals surface area contributed by atoms with Crippen molar-refractivity contribution in [3.63, 3.8) is 0 Å². The molecule has 0 saturated carbocycles. The van der Waals surface area contributed by atoms with E-state index in [1.54, 1.807) is 32.4 Å². The molecule has 6 unspecified atom stereocenters. The largest absolute Gasteiger partial charge is 0.480 e. The predicted molar refractivity (Wildman–Crippen MR) is 486 cm³/mol. The lowest BCUT2D eigenvalue weighted by Gasteiger charge is -2.39. The molecule has 25 heteroatoms. The first-order valence-corrected chi connectivity index (χ1v) is 43.6. The summed E-state index contributed by atoms with van der Waals surface area (Å²) in [6.07, 6.45) is 25.2. The third-order valence-corrected chi connectivity index (χ3v) is 22.8. The highest BCUT2D eigenvalue weighted by atomic mass is 16.7. The minimum absolute atomic E-state index is 0.00484. The van der Waals surface area contributed by atoms with E-state index in [1.165, 1.54) is 16.7 Å². The van der Waals surface area contributed by atoms with E-state index < -0.39 is 28.9 Å². The molecule has 5 aliphatic rings. The van der Waals surface area contributed by atoms with Crippen LogP contribution in [0.3, 0.4) is 0 Å². The molecule has 0 spiro atoms. The molecule has 5 fully saturated rings. The van der Waals surface area contributed by atoms with Gasteiger partial charge in [0, 0.05) is 113 Å². The Morgan fingerprint density at radius 2 is 0.706 bits per heavy atom. The fraction of sp³-hybridized carbons (Fsp3) is 0.660. The van der Waals surface area contributed by atoms with Gasteiger partial charge in [-0.1, -0.05) is 210 Å². The Labute approximate surface area is 716 Å². The standard InChI is InChI=1S/C20H33N3O3.C20H33N3O.C20H31N3O.C19H31N3O2.C15H29N3O3/c1-16(2)10-20(11-18(25)13-24)14-19(3,15-22-21-4)26-23(20)12-17-8-6-5-7-9-17;1-6-19(4)16-20(14-17(2)3,12-13-22-21-5)23(24-19)15-18-10-8-7-9-11-18;1-6-12-20(13-17(2)3)15-19(4,16-22-21-5)24-23(20)14-18-10-8-7-9-11-18;1-16(2)12-19(10-11-23)14-18(3,15-21-20-4)24-22(19)13-17-8-6-5-7-9-17;1-6-14(4)11-15(9-12(2)3,7-8-17-16-5)18(21-14)10-13(19)20/h5-9,15-16,18,21,24-25H,10-14H2,1-4H3;7-11,13,17,21H,6,12,14-16H2,1-5H3;6-11,16-17,21H,1,12-15H2,2-5H3;5-9,15-16,20,23H,10-14H2,1-4H3;8,12,16H,6-7,9-11H2,1-5H3,(H,19,20)/b22-15+;22-13+;22-16+;21-15+;17-8+/t18?,19?,20-;2*19?,20-;18?,19-;14?,15-/m01111/s1. The zero-order chi connectivity index (χ0) is 88.2. The van der Waals surface area contributed by atoms with Crippen molar-refractivity contribution >= 4 is 37.0 Å². The summed E-state index contributed by atoms with van der Waals surface area (Å²) in [7, 11) is 8.94. The average molecular weight is 1660 g/mol. The van der Waals surface area contributed by atoms with Crippen LogP contribution in [-0.2, 0) is 55.2 Å². The van der Waals surface area contributed by atoms with Crippen LogP contribution in [0.15, 0.2) is 159 Å². The molecule has 0 aliphatic carbocycles. The molecule has 0 aromatic heterocycles. The van der Waals surface area contributed by atoms with Gasteiger partial charge in [0.25, 0.3) is 0 Å². The van der Waals surface area contributed by atoms with Gasteiger partial charge in [0.05, 0.1) is 70.3 Å². The molecule has 25 nitrogen and oxygen atoms in total. The molecular weight excluding hydrogens is 1500 g/mol. The Kier molecular flexibility index (Phi) is 41.9. The van der Waals surface area contributed by atoms with Crippen molar-refractivity contribution in [1.29, 1.82) is 0 Å². The van der Waals surface area contributed by atoms with Gasteiger partial charge >= 0.3 is 5.97 Å². The number of carboxylic acids is 1. The van der Waals surface area contributed by atoms with Gasteiger partial charge in [-0.25, -0.2) is 0 Å². The molecule has 668 valence electrons. The summed E-state index contributed by atoms with van der Waals surface area (Å²) >= 11 is 0. The molecule has 4 aromatic rings. The third kappa shape index (κ3) is 32.0. The van der Waals surface area contributed by atoms with Crippen molar-refractivity contribution in [3.05, 3.63) is 156 Å². The molecule has 5 saturated heterocycles. The van der Waals surface area contributed by atoms with Crippen LogP contribution in [0, 0.1) is 29.6 Å². The molecule has 119 heavy (non-hydrogen) atoms. The fourth-order valence-electron chi connectivity index (χ4n) is 18.6. The van der Waals surface area contributed by atoms with Crippen LogP contribution in [0.4, 0.5) is 0 Å². The van der Waals surface area contributed by atoms with Crippen LogP contribution in [0.1, 0.15) is 249 Å². The van der Waals surface area contributed by atoms with Gasteiger partial charge in [0.1, 0.15) is 23.3 Å². The molecule has 0 amide bonds. The quantitative estimate of drug-likeness (QED) is 0.0113. The lowest BCUT2D eigenvalue weighted by atomic mass is 9.77. The van der Waals surface area contributed by atoms with Crippen LogP contribution >= 0.6 is 0 Å². The van der Waals surface area contributed by atoms with Crippen LogP contribution < -0.4 is 27.1 Å². The molecule has 0 bridgehead atoms. The lowest BCUT2D eigenvalue weighted by Crippen LogP contribution is -2.46. The second kappa shape index (κ2) is 48.7. The zero-order valence-corrected chi connectivity index (χ0v) is 76.9. The van der Waals surface area contributed by atoms with E-state index in [9.17, 15) is 25.2 Å². The van der Waals surface area contributed by atoms with Crippen LogP contribution in [-0.4, -0.2) is 200 Å². The predicted octanol–water partition coefficient (Wildman–Crippen LogP) is 16.0. The van der Waals surface area contributed by atoms with Gasteiger partial charge in [0.15, 0.2) is 0 Å². The number of aliphatic hydroxyl groups is 3. The average Bonchev–Trinajstić information content (AvgIpc) is 1.64. The van der Waals surface area contributed by atoms with Crippen molar-refractivity contribution in [3.8, 4) is 0 Å². The molecule has 9 rings (SSSR count). The van der Waals surface area contributed by atoms with Gasteiger partial charge in [-0.2, -0.15) is 50.8 Å². The van der Waals surface area contributed by atoms with Gasteiger partial charge in [0.2, 0.25) is 0 Å². The molecule has 5 heterocycles. The maximum atomic E-state index is 11.2. The van der Waals surface area contributed by atoms with E-state index in [-0.39, 0.29) is 58.7 Å². The zero-order valence-electron chi connectivity index (χ0n) is 76.9. The van der Waals surface area contributed by atoms with E-state index in [4.69, 9.17) is 24.2 Å². The number of hydrogen-bond donors (Lipinski definition) is 9. The van der Waals surface area contributed by atoms with Crippen molar-refractivity contribution in [2.24, 2.45) is 55.1 Å². The highest BCUT2D eigenvalue weighted by Crippen LogP contribution is 2.51. The van der Waals surface area contributed by atoms with Crippen molar-refractivity contribution in [2.45, 2.75) is 315 Å². The molecule has 0 radical (unpaired) electrons. The Hall–Kier alpha value is -7.08. The number of aliphatic hydroxyl groups excluding tert-OH is 3. The monoisotopic (exact) mass is 1660 g/mol. The number of hydroxylamine groups is 10. The van der Waals surface area contributed by atoms with Gasteiger partial charge < -0.3 is 47.6 Å². The normalized spacial score (nSPS) is 28.5. The second-order valence-corrected chi connectivity index (χ2v) is 36.9. The summed E-state index contributed by atoms with van der Waals surface area (Å²) in [6.45, 7) is 43.7. The number of carbonyl (C=O) groups is 1. The fourth-order valence-corrected chi connectivity index (χ4v) is 18.6. The number of nitrogens with one attached hydrogen (secondary N) is 5. The Bertz CT molecular complexity index is 3640. The van der Waals surface area contributed by atoms with Gasteiger partial charge in [-0.05, 0) is 164 Å². The number of benzene rings is 4. The summed E-state index contributed by atoms with van der Waals surface area (Å²) < 4.78 is 0. The summed E-state index contributed by atoms with van der Waals surface area (Å²) in [6, 6.07) is 41.6. The molecular formula is C94H157N15O10. The number of nitrogens with zero attached hydrogens (tertiary/aromatic N) is 10. The van der Waals surface area contributed by atoms with E-state index in [1.807, 2.05) is 99.5 Å². The summed E-state index contributed by atoms with van der Waals surface area (Å²) in [5.41, 5.74) is 16.2. The lowest BCUT2D eigenvalue weighted by molar-refractivity contribution is -0.226. The molecule has 4 aromatic carbocycles. The summed E-state index contributed by atoms with van der Waals surface area (Å²) in [4.78, 5) is 42.9. The Balaban J connectivity index is 0.000000265. The highest BCUT2D eigenvalue weighted by Gasteiger charge is 2.57. The van der Waals surface area contributed by atoms with E-state index in [0.29, 0.717) is 68.4 Å². The SMILES string of the molecule is C=CC[C@@]1(CC(C)C)CC(C)(/C=N/NC)ON1Cc1ccccc1.CCC1(C)C[C@@](C/C=N/NC)(CC(C)C)N(CC(=O)O)O1.CCC1(C)C[C@@](C/C=N/NC)(CC(C)C)N(Cc2ccccc2)O1.CN/N=C/C1(C)C[C@@](CCO)(CC(C)C)N(Cc2ccccc2)O1.CN/N=C/C1(C)C[C@](CC(C)C)(CC(O)CO)N(Cc2ccccc2)O1. The van der Waals surface area contributed by atoms with E-state index in [0.717, 1.165) is 102 Å². The van der Waals surface area contributed by atoms with Gasteiger partial charge in [-0.3, -0.25) is 29.0 Å². The first-order valence-electron chi connectivity index (χ1n) is 43.6. The van der Waals surface area contributed by atoms with E-state index >= 15 is 0 Å². The van der Waals surface area contributed by atoms with Crippen LogP contribution in [0.5, 0.6) is 0 Å². The topological polar surface area (TPSA) is 282 Å². The highest BCUT2D eigenvalue weighted by molar-refractivity contribution is 5.70. The van der Waals surface area contributed by atoms with Crippen molar-refractivity contribution in [1.82, 2.24) is 52.4 Å². The summed E-state index contributed by atoms with van der Waals surface area (Å²) in [5.74, 6) is 1.71.